The number of halogens is 1. The molecule has 0 amide bonds. The lowest BCUT2D eigenvalue weighted by molar-refractivity contribution is 0.0540. The topological polar surface area (TPSA) is 57.4 Å². The molecule has 0 fully saturated rings. The molecule has 0 spiro atoms. The summed E-state index contributed by atoms with van der Waals surface area (Å²) in [5.74, 6) is 0.555. The second kappa shape index (κ2) is 6.06. The van der Waals surface area contributed by atoms with Crippen LogP contribution in [0.4, 0.5) is 5.69 Å². The minimum absolute atomic E-state index is 0.216. The van der Waals surface area contributed by atoms with Crippen LogP contribution in [0.1, 0.15) is 19.4 Å². The maximum absolute atomic E-state index is 5.71. The van der Waals surface area contributed by atoms with Crippen molar-refractivity contribution in [3.63, 3.8) is 0 Å². The summed E-state index contributed by atoms with van der Waals surface area (Å²) >= 11 is 3.40. The molecule has 0 atom stereocenters. The lowest BCUT2D eigenvalue weighted by Crippen LogP contribution is -2.12. The number of nitrogens with zero attached hydrogens (tertiary/aromatic N) is 1. The molecule has 16 heavy (non-hydrogen) atoms. The number of nitrogens with two attached hydrogens (primary N) is 1. The smallest absolute Gasteiger partial charge is 0.228 e. The van der Waals surface area contributed by atoms with Gasteiger partial charge in [-0.2, -0.15) is 0 Å². The van der Waals surface area contributed by atoms with Gasteiger partial charge in [-0.1, -0.05) is 0 Å². The average Bonchev–Trinajstić information content (AvgIpc) is 2.23. The maximum Gasteiger partial charge on any atom is 0.228 e. The molecule has 0 bridgehead atoms. The summed E-state index contributed by atoms with van der Waals surface area (Å²) in [4.78, 5) is 4.11. The second-order valence-electron chi connectivity index (χ2n) is 3.73. The van der Waals surface area contributed by atoms with Gasteiger partial charge in [0.1, 0.15) is 6.61 Å². The van der Waals surface area contributed by atoms with Gasteiger partial charge in [0.05, 0.1) is 29.1 Å². The first-order valence-corrected chi connectivity index (χ1v) is 5.96. The molecular formula is C11H17BrN2O2. The third-order valence-electron chi connectivity index (χ3n) is 2.04. The monoisotopic (exact) mass is 288 g/mol. The van der Waals surface area contributed by atoms with Crippen molar-refractivity contribution in [2.45, 2.75) is 26.9 Å². The van der Waals surface area contributed by atoms with Crippen LogP contribution in [0.3, 0.4) is 0 Å². The molecule has 1 aromatic heterocycles. The van der Waals surface area contributed by atoms with Crippen LogP contribution in [0.15, 0.2) is 10.7 Å². The van der Waals surface area contributed by atoms with E-state index in [1.54, 1.807) is 6.20 Å². The van der Waals surface area contributed by atoms with Gasteiger partial charge in [0, 0.05) is 0 Å². The summed E-state index contributed by atoms with van der Waals surface area (Å²) in [7, 11) is 0. The van der Waals surface area contributed by atoms with Crippen molar-refractivity contribution in [1.82, 2.24) is 4.98 Å². The van der Waals surface area contributed by atoms with E-state index in [2.05, 4.69) is 20.9 Å². The Hall–Kier alpha value is -0.810. The Bertz CT molecular complexity index is 356. The van der Waals surface area contributed by atoms with Gasteiger partial charge in [0.25, 0.3) is 0 Å². The molecule has 2 N–H and O–H groups in total. The van der Waals surface area contributed by atoms with Gasteiger partial charge in [0.2, 0.25) is 5.88 Å². The zero-order chi connectivity index (χ0) is 12.1. The van der Waals surface area contributed by atoms with Gasteiger partial charge < -0.3 is 15.2 Å². The number of anilines is 1. The molecule has 90 valence electrons. The summed E-state index contributed by atoms with van der Waals surface area (Å²) in [6.07, 6.45) is 1.81. The molecule has 1 rings (SSSR count). The van der Waals surface area contributed by atoms with Crippen molar-refractivity contribution in [3.8, 4) is 5.88 Å². The van der Waals surface area contributed by atoms with E-state index in [9.17, 15) is 0 Å². The van der Waals surface area contributed by atoms with Crippen LogP contribution in [0.25, 0.3) is 0 Å². The minimum Gasteiger partial charge on any atom is -0.474 e. The Balaban J connectivity index is 2.52. The molecule has 0 radical (unpaired) electrons. The normalized spacial score (nSPS) is 10.8. The van der Waals surface area contributed by atoms with Crippen molar-refractivity contribution in [3.05, 3.63) is 16.2 Å². The van der Waals surface area contributed by atoms with E-state index in [4.69, 9.17) is 15.2 Å². The van der Waals surface area contributed by atoms with Crippen molar-refractivity contribution in [2.24, 2.45) is 0 Å². The lowest BCUT2D eigenvalue weighted by Gasteiger charge is -2.11. The maximum atomic E-state index is 5.71. The van der Waals surface area contributed by atoms with Crippen LogP contribution < -0.4 is 10.5 Å². The predicted octanol–water partition coefficient (Wildman–Crippen LogP) is 2.54. The third-order valence-corrected chi connectivity index (χ3v) is 2.98. The van der Waals surface area contributed by atoms with E-state index >= 15 is 0 Å². The summed E-state index contributed by atoms with van der Waals surface area (Å²) < 4.78 is 11.7. The first-order valence-electron chi connectivity index (χ1n) is 5.17. The highest BCUT2D eigenvalue weighted by Crippen LogP contribution is 2.29. The average molecular weight is 289 g/mol. The largest absolute Gasteiger partial charge is 0.474 e. The van der Waals surface area contributed by atoms with Gasteiger partial charge in [-0.15, -0.1) is 0 Å². The highest BCUT2D eigenvalue weighted by Gasteiger charge is 2.08. The molecule has 0 saturated carbocycles. The van der Waals surface area contributed by atoms with E-state index in [-0.39, 0.29) is 6.10 Å². The van der Waals surface area contributed by atoms with Gasteiger partial charge in [-0.05, 0) is 42.3 Å². The van der Waals surface area contributed by atoms with E-state index in [1.165, 1.54) is 0 Å². The number of aromatic nitrogens is 1. The molecule has 1 aromatic rings. The van der Waals surface area contributed by atoms with E-state index in [1.807, 2.05) is 20.8 Å². The Labute approximate surface area is 104 Å². The fourth-order valence-electron chi connectivity index (χ4n) is 1.09. The van der Waals surface area contributed by atoms with Crippen LogP contribution in [0, 0.1) is 6.92 Å². The SMILES string of the molecule is Cc1c(N)cnc(OCCOC(C)C)c1Br. The molecule has 0 unspecified atom stereocenters. The quantitative estimate of drug-likeness (QED) is 0.846. The van der Waals surface area contributed by atoms with E-state index < -0.39 is 0 Å². The highest BCUT2D eigenvalue weighted by atomic mass is 79.9. The molecular weight excluding hydrogens is 272 g/mol. The molecule has 1 heterocycles. The van der Waals surface area contributed by atoms with Crippen LogP contribution >= 0.6 is 15.9 Å². The zero-order valence-corrected chi connectivity index (χ0v) is 11.4. The molecule has 0 aliphatic rings. The fourth-order valence-corrected chi connectivity index (χ4v) is 1.54. The van der Waals surface area contributed by atoms with Gasteiger partial charge in [0.15, 0.2) is 0 Å². The first kappa shape index (κ1) is 13.3. The minimum atomic E-state index is 0.216. The summed E-state index contributed by atoms with van der Waals surface area (Å²) in [5.41, 5.74) is 7.30. The molecule has 5 heteroatoms. The number of pyridine rings is 1. The summed E-state index contributed by atoms with van der Waals surface area (Å²) in [6.45, 7) is 6.92. The standard InChI is InChI=1S/C11H17BrN2O2/c1-7(2)15-4-5-16-11-10(12)8(3)9(13)6-14-11/h6-7H,4-5,13H2,1-3H3. The second-order valence-corrected chi connectivity index (χ2v) is 4.52. The van der Waals surface area contributed by atoms with Crippen molar-refractivity contribution < 1.29 is 9.47 Å². The van der Waals surface area contributed by atoms with Crippen LogP contribution in [0.2, 0.25) is 0 Å². The molecule has 0 saturated heterocycles. The third kappa shape index (κ3) is 3.64. The van der Waals surface area contributed by atoms with Crippen molar-refractivity contribution >= 4 is 21.6 Å². The van der Waals surface area contributed by atoms with Crippen LogP contribution in [-0.2, 0) is 4.74 Å². The first-order chi connectivity index (χ1) is 7.52. The van der Waals surface area contributed by atoms with Gasteiger partial charge >= 0.3 is 0 Å². The number of hydrogen-bond donors (Lipinski definition) is 1. The molecule has 0 aromatic carbocycles. The Morgan fingerprint density at radius 2 is 2.12 bits per heavy atom. The molecule has 4 nitrogen and oxygen atoms in total. The Kier molecular flexibility index (Phi) is 5.02. The number of ether oxygens (including phenoxy) is 2. The van der Waals surface area contributed by atoms with Crippen LogP contribution in [0.5, 0.6) is 5.88 Å². The van der Waals surface area contributed by atoms with Gasteiger partial charge in [-0.3, -0.25) is 0 Å². The predicted molar refractivity (Wildman–Crippen MR) is 67.7 cm³/mol. The van der Waals surface area contributed by atoms with E-state index in [0.29, 0.717) is 24.8 Å². The summed E-state index contributed by atoms with van der Waals surface area (Å²) in [6, 6.07) is 0. The number of rotatable bonds is 5. The highest BCUT2D eigenvalue weighted by molar-refractivity contribution is 9.10. The zero-order valence-electron chi connectivity index (χ0n) is 9.79. The van der Waals surface area contributed by atoms with E-state index in [0.717, 1.165) is 10.0 Å². The molecule has 0 aliphatic carbocycles. The number of hydrogen-bond acceptors (Lipinski definition) is 4. The van der Waals surface area contributed by atoms with Crippen molar-refractivity contribution in [1.29, 1.82) is 0 Å². The fraction of sp³-hybridized carbons (Fsp3) is 0.545. The van der Waals surface area contributed by atoms with Gasteiger partial charge in [-0.25, -0.2) is 4.98 Å². The number of nitrogen functional groups attached to an aromatic ring is 1. The van der Waals surface area contributed by atoms with Crippen LogP contribution in [-0.4, -0.2) is 24.3 Å². The Morgan fingerprint density at radius 1 is 1.44 bits per heavy atom. The summed E-state index contributed by atoms with van der Waals surface area (Å²) in [5, 5.41) is 0. The Morgan fingerprint density at radius 3 is 2.75 bits per heavy atom. The lowest BCUT2D eigenvalue weighted by atomic mass is 10.2. The molecule has 0 aliphatic heterocycles. The van der Waals surface area contributed by atoms with Crippen molar-refractivity contribution in [2.75, 3.05) is 18.9 Å².